The van der Waals surface area contributed by atoms with Crippen LogP contribution in [0.2, 0.25) is 0 Å². The van der Waals surface area contributed by atoms with E-state index in [1.165, 1.54) is 25.7 Å². The third-order valence-corrected chi connectivity index (χ3v) is 3.79. The van der Waals surface area contributed by atoms with E-state index in [4.69, 9.17) is 0 Å². The van der Waals surface area contributed by atoms with Gasteiger partial charge in [0, 0.05) is 0 Å². The van der Waals surface area contributed by atoms with E-state index < -0.39 is 0 Å². The summed E-state index contributed by atoms with van der Waals surface area (Å²) in [6.45, 7) is 9.66. The molecule has 0 spiro atoms. The van der Waals surface area contributed by atoms with Crippen molar-refractivity contribution in [1.29, 1.82) is 0 Å². The fourth-order valence-corrected chi connectivity index (χ4v) is 4.39. The fourth-order valence-electron chi connectivity index (χ4n) is 4.39. The van der Waals surface area contributed by atoms with Crippen LogP contribution in [0.25, 0.3) is 0 Å². The molecule has 0 aromatic carbocycles. The summed E-state index contributed by atoms with van der Waals surface area (Å²) in [5.41, 5.74) is 2.77. The standard InChI is InChI=1S/C13H22/c1-10-5-12(3)7-11(2)8-13(4,6-10)9-12/h5,11H,6-9H2,1-4H3/t11-,12-,13+/m1/s1. The molecule has 1 fully saturated rings. The Hall–Kier alpha value is -0.260. The molecule has 13 heavy (non-hydrogen) atoms. The van der Waals surface area contributed by atoms with E-state index >= 15 is 0 Å². The molecular weight excluding hydrogens is 156 g/mol. The van der Waals surface area contributed by atoms with E-state index in [2.05, 4.69) is 33.8 Å². The molecule has 0 nitrogen and oxygen atoms in total. The minimum atomic E-state index is 0.523. The Kier molecular flexibility index (Phi) is 1.87. The average molecular weight is 178 g/mol. The molecule has 0 heterocycles. The SMILES string of the molecule is CC1=C[C@]2(C)C[C@@H](C)C[C@](C)(C1)C2. The van der Waals surface area contributed by atoms with Crippen molar-refractivity contribution >= 4 is 0 Å². The predicted molar refractivity (Wildman–Crippen MR) is 57.6 cm³/mol. The van der Waals surface area contributed by atoms with Gasteiger partial charge in [-0.3, -0.25) is 0 Å². The van der Waals surface area contributed by atoms with Crippen LogP contribution in [-0.2, 0) is 0 Å². The van der Waals surface area contributed by atoms with E-state index in [1.807, 2.05) is 0 Å². The molecule has 0 radical (unpaired) electrons. The van der Waals surface area contributed by atoms with E-state index in [-0.39, 0.29) is 0 Å². The van der Waals surface area contributed by atoms with Gasteiger partial charge >= 0.3 is 0 Å². The first-order valence-electron chi connectivity index (χ1n) is 5.59. The summed E-state index contributed by atoms with van der Waals surface area (Å²) in [6.07, 6.45) is 8.15. The van der Waals surface area contributed by atoms with Crippen LogP contribution in [0.3, 0.4) is 0 Å². The predicted octanol–water partition coefficient (Wildman–Crippen LogP) is 4.17. The van der Waals surface area contributed by atoms with Crippen molar-refractivity contribution in [1.82, 2.24) is 0 Å². The normalized spacial score (nSPS) is 50.2. The van der Waals surface area contributed by atoms with Crippen LogP contribution in [0.1, 0.15) is 53.4 Å². The summed E-state index contributed by atoms with van der Waals surface area (Å²) in [5, 5.41) is 0. The Labute approximate surface area is 82.4 Å². The molecule has 2 rings (SSSR count). The summed E-state index contributed by atoms with van der Waals surface area (Å²) in [4.78, 5) is 0. The fraction of sp³-hybridized carbons (Fsp3) is 0.846. The highest BCUT2D eigenvalue weighted by molar-refractivity contribution is 5.17. The number of hydrogen-bond acceptors (Lipinski definition) is 0. The van der Waals surface area contributed by atoms with Crippen LogP contribution in [-0.4, -0.2) is 0 Å². The van der Waals surface area contributed by atoms with Gasteiger partial charge in [0.15, 0.2) is 0 Å². The zero-order valence-electron chi connectivity index (χ0n) is 9.48. The van der Waals surface area contributed by atoms with Crippen LogP contribution in [0.15, 0.2) is 11.6 Å². The third kappa shape index (κ3) is 1.68. The maximum Gasteiger partial charge on any atom is -0.0136 e. The lowest BCUT2D eigenvalue weighted by molar-refractivity contribution is 0.0664. The second kappa shape index (κ2) is 2.62. The summed E-state index contributed by atoms with van der Waals surface area (Å²) >= 11 is 0. The smallest absolute Gasteiger partial charge is 0.0136 e. The van der Waals surface area contributed by atoms with Crippen LogP contribution in [0.4, 0.5) is 0 Å². The highest BCUT2D eigenvalue weighted by Crippen LogP contribution is 2.55. The molecule has 74 valence electrons. The molecule has 1 saturated carbocycles. The van der Waals surface area contributed by atoms with E-state index in [0.717, 1.165) is 5.92 Å². The maximum atomic E-state index is 2.55. The van der Waals surface area contributed by atoms with Crippen molar-refractivity contribution in [2.75, 3.05) is 0 Å². The Morgan fingerprint density at radius 3 is 2.62 bits per heavy atom. The first kappa shape index (κ1) is 9.30. The van der Waals surface area contributed by atoms with E-state index in [0.29, 0.717) is 10.8 Å². The largest absolute Gasteiger partial charge is 0.0796 e. The molecule has 0 aromatic heterocycles. The molecule has 2 bridgehead atoms. The average Bonchev–Trinajstić information content (AvgIpc) is 1.75. The zero-order chi connectivity index (χ0) is 9.69. The number of fused-ring (bicyclic) bond motifs is 2. The minimum absolute atomic E-state index is 0.523. The van der Waals surface area contributed by atoms with Gasteiger partial charge < -0.3 is 0 Å². The molecule has 0 aliphatic heterocycles. The van der Waals surface area contributed by atoms with Gasteiger partial charge in [-0.05, 0) is 49.4 Å². The van der Waals surface area contributed by atoms with Crippen LogP contribution < -0.4 is 0 Å². The molecular formula is C13H22. The highest BCUT2D eigenvalue weighted by atomic mass is 14.5. The lowest BCUT2D eigenvalue weighted by atomic mass is 9.55. The van der Waals surface area contributed by atoms with Crippen LogP contribution in [0, 0.1) is 16.7 Å². The Balaban J connectivity index is 2.34. The third-order valence-electron chi connectivity index (χ3n) is 3.79. The first-order valence-corrected chi connectivity index (χ1v) is 5.59. The topological polar surface area (TPSA) is 0 Å². The van der Waals surface area contributed by atoms with Crippen molar-refractivity contribution in [2.24, 2.45) is 16.7 Å². The van der Waals surface area contributed by atoms with Gasteiger partial charge in [0.2, 0.25) is 0 Å². The number of allylic oxidation sites excluding steroid dienone is 2. The van der Waals surface area contributed by atoms with Crippen LogP contribution >= 0.6 is 0 Å². The van der Waals surface area contributed by atoms with Gasteiger partial charge in [0.05, 0.1) is 0 Å². The number of rotatable bonds is 0. The van der Waals surface area contributed by atoms with Gasteiger partial charge in [0.25, 0.3) is 0 Å². The molecule has 0 N–H and O–H groups in total. The summed E-state index contributed by atoms with van der Waals surface area (Å²) in [6, 6.07) is 0. The summed E-state index contributed by atoms with van der Waals surface area (Å²) in [7, 11) is 0. The molecule has 0 amide bonds. The molecule has 0 heteroatoms. The second-order valence-electron chi connectivity index (χ2n) is 6.32. The van der Waals surface area contributed by atoms with Gasteiger partial charge in [0.1, 0.15) is 0 Å². The first-order chi connectivity index (χ1) is 5.91. The molecule has 0 aromatic rings. The zero-order valence-corrected chi connectivity index (χ0v) is 9.48. The molecule has 2 aliphatic carbocycles. The summed E-state index contributed by atoms with van der Waals surface area (Å²) < 4.78 is 0. The molecule has 2 aliphatic rings. The monoisotopic (exact) mass is 178 g/mol. The van der Waals surface area contributed by atoms with E-state index in [1.54, 1.807) is 5.57 Å². The van der Waals surface area contributed by atoms with Crippen LogP contribution in [0.5, 0.6) is 0 Å². The van der Waals surface area contributed by atoms with Gasteiger partial charge in [-0.2, -0.15) is 0 Å². The highest BCUT2D eigenvalue weighted by Gasteiger charge is 2.43. The van der Waals surface area contributed by atoms with Crippen molar-refractivity contribution in [3.63, 3.8) is 0 Å². The van der Waals surface area contributed by atoms with E-state index in [9.17, 15) is 0 Å². The molecule has 3 atom stereocenters. The minimum Gasteiger partial charge on any atom is -0.0796 e. The van der Waals surface area contributed by atoms with Gasteiger partial charge in [-0.25, -0.2) is 0 Å². The Bertz CT molecular complexity index is 251. The summed E-state index contributed by atoms with van der Waals surface area (Å²) in [5.74, 6) is 0.924. The molecule has 0 saturated heterocycles. The maximum absolute atomic E-state index is 2.55. The number of hydrogen-bond donors (Lipinski definition) is 0. The Morgan fingerprint density at radius 2 is 2.00 bits per heavy atom. The second-order valence-corrected chi connectivity index (χ2v) is 6.32. The van der Waals surface area contributed by atoms with Gasteiger partial charge in [-0.15, -0.1) is 0 Å². The lowest BCUT2D eigenvalue weighted by Crippen LogP contribution is -2.38. The van der Waals surface area contributed by atoms with Gasteiger partial charge in [-0.1, -0.05) is 32.4 Å². The quantitative estimate of drug-likeness (QED) is 0.488. The Morgan fingerprint density at radius 1 is 1.31 bits per heavy atom. The van der Waals surface area contributed by atoms with Crippen molar-refractivity contribution in [3.05, 3.63) is 11.6 Å². The van der Waals surface area contributed by atoms with Crippen molar-refractivity contribution in [2.45, 2.75) is 53.4 Å². The lowest BCUT2D eigenvalue weighted by Gasteiger charge is -2.50. The van der Waals surface area contributed by atoms with Crippen molar-refractivity contribution < 1.29 is 0 Å². The van der Waals surface area contributed by atoms with Crippen molar-refractivity contribution in [3.8, 4) is 0 Å². The molecule has 0 unspecified atom stereocenters.